The molecule has 2 fully saturated rings. The molecule has 3 aliphatic heterocycles. The fraction of sp³-hybridized carbons (Fsp3) is 0.407. The van der Waals surface area contributed by atoms with Crippen LogP contribution in [-0.2, 0) is 31.5 Å². The van der Waals surface area contributed by atoms with Gasteiger partial charge in [0.15, 0.2) is 15.5 Å². The second-order valence-electron chi connectivity index (χ2n) is 9.68. The molecular weight excluding hydrogens is 478 g/mol. The van der Waals surface area contributed by atoms with Crippen molar-refractivity contribution in [1.29, 1.82) is 0 Å². The van der Waals surface area contributed by atoms with E-state index in [9.17, 15) is 13.2 Å². The smallest absolute Gasteiger partial charge is 0.274 e. The van der Waals surface area contributed by atoms with Crippen LogP contribution >= 0.6 is 0 Å². The summed E-state index contributed by atoms with van der Waals surface area (Å²) < 4.78 is 39.1. The Bertz CT molecular complexity index is 1400. The minimum Gasteiger partial charge on any atom is -0.381 e. The summed E-state index contributed by atoms with van der Waals surface area (Å²) in [6.45, 7) is 3.45. The van der Waals surface area contributed by atoms with Gasteiger partial charge in [-0.2, -0.15) is 5.10 Å². The number of benzene rings is 2. The summed E-state index contributed by atoms with van der Waals surface area (Å²) >= 11 is 0. The average Bonchev–Trinajstić information content (AvgIpc) is 3.28. The third kappa shape index (κ3) is 4.25. The first kappa shape index (κ1) is 23.4. The van der Waals surface area contributed by atoms with Crippen LogP contribution in [0.3, 0.4) is 0 Å². The fourth-order valence-electron chi connectivity index (χ4n) is 5.44. The van der Waals surface area contributed by atoms with Crippen LogP contribution in [0.2, 0.25) is 0 Å². The number of ether oxygens (including phenoxy) is 2. The summed E-state index contributed by atoms with van der Waals surface area (Å²) in [6, 6.07) is 15.2. The van der Waals surface area contributed by atoms with Crippen molar-refractivity contribution in [1.82, 2.24) is 14.7 Å². The molecule has 0 saturated carbocycles. The number of hydrogen-bond acceptors (Lipinski definition) is 6. The predicted molar refractivity (Wildman–Crippen MR) is 134 cm³/mol. The van der Waals surface area contributed by atoms with Crippen LogP contribution in [0.1, 0.15) is 34.5 Å². The minimum atomic E-state index is -3.60. The van der Waals surface area contributed by atoms with E-state index in [0.717, 1.165) is 38.2 Å². The van der Waals surface area contributed by atoms with E-state index in [4.69, 9.17) is 14.6 Å². The number of amides is 1. The van der Waals surface area contributed by atoms with Gasteiger partial charge in [-0.3, -0.25) is 4.79 Å². The fourth-order valence-corrected chi connectivity index (χ4v) is 7.03. The first-order valence-electron chi connectivity index (χ1n) is 12.5. The summed E-state index contributed by atoms with van der Waals surface area (Å²) in [5, 5.41) is 4.79. The largest absolute Gasteiger partial charge is 0.381 e. The number of sulfone groups is 1. The first-order valence-corrected chi connectivity index (χ1v) is 14.1. The zero-order valence-corrected chi connectivity index (χ0v) is 20.9. The number of morpholine rings is 1. The maximum atomic E-state index is 13.6. The van der Waals surface area contributed by atoms with Gasteiger partial charge in [-0.15, -0.1) is 0 Å². The maximum absolute atomic E-state index is 13.6. The normalized spacial score (nSPS) is 19.5. The van der Waals surface area contributed by atoms with Gasteiger partial charge in [0.2, 0.25) is 0 Å². The van der Waals surface area contributed by atoms with Crippen LogP contribution in [0.4, 0.5) is 0 Å². The molecule has 0 unspecified atom stereocenters. The van der Waals surface area contributed by atoms with E-state index in [1.165, 1.54) is 5.56 Å². The van der Waals surface area contributed by atoms with Gasteiger partial charge < -0.3 is 14.4 Å². The second kappa shape index (κ2) is 9.46. The van der Waals surface area contributed by atoms with E-state index >= 15 is 0 Å². The Balaban J connectivity index is 1.47. The van der Waals surface area contributed by atoms with E-state index in [-0.39, 0.29) is 22.2 Å². The number of aromatic nitrogens is 2. The van der Waals surface area contributed by atoms with Crippen molar-refractivity contribution < 1.29 is 22.7 Å². The first-order chi connectivity index (χ1) is 17.5. The highest BCUT2D eigenvalue weighted by Gasteiger charge is 2.37. The van der Waals surface area contributed by atoms with E-state index in [1.807, 2.05) is 18.2 Å². The third-order valence-corrected chi connectivity index (χ3v) is 9.01. The zero-order valence-electron chi connectivity index (χ0n) is 20.1. The number of fused-ring (bicyclic) bond motifs is 3. The number of carbonyl (C=O) groups excluding carboxylic acids is 1. The van der Waals surface area contributed by atoms with Gasteiger partial charge in [0.25, 0.3) is 5.91 Å². The lowest BCUT2D eigenvalue weighted by molar-refractivity contribution is 0.0298. The van der Waals surface area contributed by atoms with Gasteiger partial charge >= 0.3 is 0 Å². The molecule has 6 rings (SSSR count). The molecule has 0 N–H and O–H groups in total. The lowest BCUT2D eigenvalue weighted by Gasteiger charge is -2.26. The van der Waals surface area contributed by atoms with Gasteiger partial charge in [-0.05, 0) is 48.9 Å². The average molecular weight is 508 g/mol. The Kier molecular flexibility index (Phi) is 6.15. The molecule has 2 saturated heterocycles. The zero-order chi connectivity index (χ0) is 24.7. The van der Waals surface area contributed by atoms with Crippen molar-refractivity contribution in [3.63, 3.8) is 0 Å². The van der Waals surface area contributed by atoms with Crippen molar-refractivity contribution in [3.05, 3.63) is 65.4 Å². The maximum Gasteiger partial charge on any atom is 0.274 e. The monoisotopic (exact) mass is 507 g/mol. The molecule has 0 bridgehead atoms. The molecule has 9 heteroatoms. The van der Waals surface area contributed by atoms with E-state index in [2.05, 4.69) is 12.1 Å². The quantitative estimate of drug-likeness (QED) is 0.539. The van der Waals surface area contributed by atoms with E-state index < -0.39 is 9.84 Å². The molecule has 0 spiro atoms. The van der Waals surface area contributed by atoms with Gasteiger partial charge in [-0.25, -0.2) is 13.1 Å². The molecule has 3 aromatic rings. The van der Waals surface area contributed by atoms with Crippen molar-refractivity contribution in [2.45, 2.75) is 29.9 Å². The van der Waals surface area contributed by atoms with Gasteiger partial charge in [-0.1, -0.05) is 30.3 Å². The Hall–Kier alpha value is -3.01. The molecule has 8 nitrogen and oxygen atoms in total. The Morgan fingerprint density at radius 2 is 1.72 bits per heavy atom. The summed E-state index contributed by atoms with van der Waals surface area (Å²) in [5.41, 5.74) is 3.97. The van der Waals surface area contributed by atoms with Crippen molar-refractivity contribution in [2.75, 3.05) is 39.5 Å². The van der Waals surface area contributed by atoms with Crippen LogP contribution in [-0.4, -0.2) is 68.5 Å². The molecule has 0 atom stereocenters. The van der Waals surface area contributed by atoms with Crippen molar-refractivity contribution in [2.24, 2.45) is 5.92 Å². The Morgan fingerprint density at radius 3 is 2.53 bits per heavy atom. The number of rotatable bonds is 4. The van der Waals surface area contributed by atoms with Crippen molar-refractivity contribution >= 4 is 15.7 Å². The molecule has 2 aromatic carbocycles. The SMILES string of the molecule is O=C(c1nn(-c2cccc(CC3CCOCC3)c2)c2c1CS(=O)(=O)c1ccccc1-2)N1CCOCC1. The summed E-state index contributed by atoms with van der Waals surface area (Å²) in [7, 11) is -3.60. The summed E-state index contributed by atoms with van der Waals surface area (Å²) in [4.78, 5) is 15.5. The number of nitrogens with zero attached hydrogens (tertiary/aromatic N) is 3. The molecule has 1 aromatic heterocycles. The highest BCUT2D eigenvalue weighted by atomic mass is 32.2. The molecular formula is C27H29N3O5S. The molecule has 3 aliphatic rings. The molecule has 0 aliphatic carbocycles. The molecule has 1 amide bonds. The standard InChI is InChI=1S/C27H29N3O5S/c31-27(29-10-14-35-15-11-29)25-23-18-36(32,33)24-7-2-1-6-22(24)26(23)30(28-25)21-5-3-4-20(17-21)16-19-8-12-34-13-9-19/h1-7,17,19H,8-16,18H2. The highest BCUT2D eigenvalue weighted by Crippen LogP contribution is 2.41. The van der Waals surface area contributed by atoms with E-state index in [0.29, 0.717) is 49.0 Å². The highest BCUT2D eigenvalue weighted by molar-refractivity contribution is 7.90. The lowest BCUT2D eigenvalue weighted by atomic mass is 9.92. The van der Waals surface area contributed by atoms with Gasteiger partial charge in [0.1, 0.15) is 0 Å². The molecule has 36 heavy (non-hydrogen) atoms. The Morgan fingerprint density at radius 1 is 0.972 bits per heavy atom. The number of carbonyl (C=O) groups is 1. The predicted octanol–water partition coefficient (Wildman–Crippen LogP) is 3.27. The number of hydrogen-bond donors (Lipinski definition) is 0. The van der Waals surface area contributed by atoms with Gasteiger partial charge in [0, 0.05) is 37.4 Å². The summed E-state index contributed by atoms with van der Waals surface area (Å²) in [5.74, 6) is 0.0816. The Labute approximate surface area is 210 Å². The van der Waals surface area contributed by atoms with Crippen LogP contribution in [0.5, 0.6) is 0 Å². The topological polar surface area (TPSA) is 90.7 Å². The second-order valence-corrected chi connectivity index (χ2v) is 11.6. The molecule has 0 radical (unpaired) electrons. The summed E-state index contributed by atoms with van der Waals surface area (Å²) in [6.07, 6.45) is 3.04. The third-order valence-electron chi connectivity index (χ3n) is 7.32. The molecule has 188 valence electrons. The van der Waals surface area contributed by atoms with Crippen LogP contribution in [0, 0.1) is 5.92 Å². The van der Waals surface area contributed by atoms with Crippen LogP contribution < -0.4 is 0 Å². The van der Waals surface area contributed by atoms with Crippen LogP contribution in [0.15, 0.2) is 53.4 Å². The molecule has 4 heterocycles. The van der Waals surface area contributed by atoms with E-state index in [1.54, 1.807) is 27.8 Å². The van der Waals surface area contributed by atoms with Gasteiger partial charge in [0.05, 0.1) is 35.2 Å². The van der Waals surface area contributed by atoms with Crippen molar-refractivity contribution in [3.8, 4) is 16.9 Å². The van der Waals surface area contributed by atoms with Crippen LogP contribution in [0.25, 0.3) is 16.9 Å². The lowest BCUT2D eigenvalue weighted by Crippen LogP contribution is -2.41. The minimum absolute atomic E-state index is 0.208.